The van der Waals surface area contributed by atoms with Crippen molar-refractivity contribution in [3.63, 3.8) is 0 Å². The molecule has 0 aromatic rings. The molecule has 0 aromatic heterocycles. The Morgan fingerprint density at radius 2 is 2.38 bits per heavy atom. The molecular formula is C8H16BNO3. The highest BCUT2D eigenvalue weighted by Crippen LogP contribution is 2.38. The maximum atomic E-state index is 9.97. The van der Waals surface area contributed by atoms with Gasteiger partial charge in [-0.1, -0.05) is 6.92 Å². The summed E-state index contributed by atoms with van der Waals surface area (Å²) >= 11 is 0. The Bertz CT molecular complexity index is 212. The molecule has 2 aliphatic heterocycles. The zero-order valence-corrected chi connectivity index (χ0v) is 8.36. The zero-order chi connectivity index (χ0) is 9.64. The summed E-state index contributed by atoms with van der Waals surface area (Å²) in [6.45, 7) is 2.68. The van der Waals surface area contributed by atoms with E-state index in [2.05, 4.69) is 0 Å². The van der Waals surface area contributed by atoms with E-state index >= 15 is 0 Å². The monoisotopic (exact) mass is 185 g/mol. The van der Waals surface area contributed by atoms with E-state index in [4.69, 9.17) is 9.57 Å². The van der Waals surface area contributed by atoms with Crippen LogP contribution in [0, 0.1) is 0 Å². The van der Waals surface area contributed by atoms with Gasteiger partial charge in [0.05, 0.1) is 12.5 Å². The molecule has 1 unspecified atom stereocenters. The third-order valence-corrected chi connectivity index (χ3v) is 3.12. The maximum Gasteiger partial charge on any atom is 0.142 e. The molecule has 1 N–H and O–H groups in total. The lowest BCUT2D eigenvalue weighted by Crippen LogP contribution is -2.56. The summed E-state index contributed by atoms with van der Waals surface area (Å²) in [6.07, 6.45) is 0.144. The number of hydrogen-bond donors (Lipinski definition) is 1. The summed E-state index contributed by atoms with van der Waals surface area (Å²) in [4.78, 5) is 5.49. The van der Waals surface area contributed by atoms with Crippen molar-refractivity contribution >= 4 is 7.85 Å². The number of ether oxygens (including phenoxy) is 1. The number of likely N-dealkylation sites (N-methyl/N-ethyl adjacent to an activating group) is 1. The molecule has 2 bridgehead atoms. The van der Waals surface area contributed by atoms with E-state index in [1.165, 1.54) is 0 Å². The third-order valence-electron chi connectivity index (χ3n) is 3.12. The van der Waals surface area contributed by atoms with E-state index in [-0.39, 0.29) is 12.1 Å². The molecule has 2 rings (SSSR count). The molecule has 0 radical (unpaired) electrons. The standard InChI is InChI=1S/C8H16BNO3/c1-3-8-4-10(2)13-5(6(8)11)7(9)12-8/h5-7,11H,3-4,9H2,1-2H3/t5?,6-,7-,8+/m1/s1. The first-order valence-electron chi connectivity index (χ1n) is 4.83. The largest absolute Gasteiger partial charge is 0.387 e. The van der Waals surface area contributed by atoms with Gasteiger partial charge in [-0.05, 0) is 6.42 Å². The Kier molecular flexibility index (Phi) is 2.15. The highest BCUT2D eigenvalue weighted by Gasteiger charge is 2.56. The molecule has 2 heterocycles. The molecule has 2 fully saturated rings. The van der Waals surface area contributed by atoms with Crippen molar-refractivity contribution in [1.29, 1.82) is 0 Å². The molecule has 0 amide bonds. The van der Waals surface area contributed by atoms with E-state index in [0.29, 0.717) is 6.54 Å². The summed E-state index contributed by atoms with van der Waals surface area (Å²) in [5.41, 5.74) is -0.406. The Morgan fingerprint density at radius 1 is 1.69 bits per heavy atom. The van der Waals surface area contributed by atoms with Crippen molar-refractivity contribution in [1.82, 2.24) is 5.06 Å². The highest BCUT2D eigenvalue weighted by molar-refractivity contribution is 6.11. The van der Waals surface area contributed by atoms with Crippen LogP contribution in [-0.2, 0) is 9.57 Å². The number of aliphatic hydroxyl groups excluding tert-OH is 1. The molecule has 13 heavy (non-hydrogen) atoms. The van der Waals surface area contributed by atoms with Gasteiger partial charge >= 0.3 is 0 Å². The normalized spacial score (nSPS) is 51.2. The van der Waals surface area contributed by atoms with Gasteiger partial charge in [-0.25, -0.2) is 0 Å². The summed E-state index contributed by atoms with van der Waals surface area (Å²) < 4.78 is 5.79. The van der Waals surface area contributed by atoms with Crippen molar-refractivity contribution in [2.45, 2.75) is 37.2 Å². The average molecular weight is 185 g/mol. The van der Waals surface area contributed by atoms with Crippen LogP contribution in [0.15, 0.2) is 0 Å². The Labute approximate surface area is 79.2 Å². The predicted octanol–water partition coefficient (Wildman–Crippen LogP) is -1.27. The number of rotatable bonds is 1. The minimum absolute atomic E-state index is 0.0140. The van der Waals surface area contributed by atoms with Crippen molar-refractivity contribution in [3.05, 3.63) is 0 Å². The van der Waals surface area contributed by atoms with E-state index in [1.54, 1.807) is 5.06 Å². The first-order valence-corrected chi connectivity index (χ1v) is 4.83. The van der Waals surface area contributed by atoms with Gasteiger partial charge in [-0.3, -0.25) is 4.84 Å². The fraction of sp³-hybridized carbons (Fsp3) is 1.00. The lowest BCUT2D eigenvalue weighted by atomic mass is 9.87. The van der Waals surface area contributed by atoms with E-state index in [0.717, 1.165) is 6.42 Å². The maximum absolute atomic E-state index is 9.97. The molecule has 4 nitrogen and oxygen atoms in total. The predicted molar refractivity (Wildman–Crippen MR) is 49.9 cm³/mol. The van der Waals surface area contributed by atoms with Crippen LogP contribution in [-0.4, -0.2) is 55.4 Å². The van der Waals surface area contributed by atoms with Crippen LogP contribution in [0.25, 0.3) is 0 Å². The topological polar surface area (TPSA) is 41.9 Å². The molecule has 0 aliphatic carbocycles. The van der Waals surface area contributed by atoms with Crippen LogP contribution in [0.1, 0.15) is 13.3 Å². The second kappa shape index (κ2) is 2.95. The minimum atomic E-state index is -0.483. The van der Waals surface area contributed by atoms with Crippen molar-refractivity contribution < 1.29 is 14.7 Å². The molecule has 2 aliphatic rings. The number of hydrogen-bond acceptors (Lipinski definition) is 4. The quantitative estimate of drug-likeness (QED) is 0.517. The molecule has 2 saturated heterocycles. The van der Waals surface area contributed by atoms with Gasteiger partial charge in [0.1, 0.15) is 25.7 Å². The Hall–Kier alpha value is -0.0951. The minimum Gasteiger partial charge on any atom is -0.387 e. The second-order valence-corrected chi connectivity index (χ2v) is 4.04. The van der Waals surface area contributed by atoms with Gasteiger partial charge < -0.3 is 9.84 Å². The summed E-state index contributed by atoms with van der Waals surface area (Å²) in [7, 11) is 3.83. The summed E-state index contributed by atoms with van der Waals surface area (Å²) in [5, 5.41) is 11.7. The average Bonchev–Trinajstić information content (AvgIpc) is 2.26. The number of hydroxylamine groups is 2. The number of nitrogens with zero attached hydrogens (tertiary/aromatic N) is 1. The van der Waals surface area contributed by atoms with Crippen LogP contribution in [0.5, 0.6) is 0 Å². The number of fused-ring (bicyclic) bond motifs is 2. The molecule has 0 spiro atoms. The molecule has 4 atom stereocenters. The number of aliphatic hydroxyl groups is 1. The van der Waals surface area contributed by atoms with E-state index in [9.17, 15) is 5.11 Å². The molecule has 5 heteroatoms. The van der Waals surface area contributed by atoms with Crippen LogP contribution < -0.4 is 0 Å². The molecule has 0 saturated carbocycles. The fourth-order valence-corrected chi connectivity index (χ4v) is 2.36. The van der Waals surface area contributed by atoms with Crippen LogP contribution >= 0.6 is 0 Å². The van der Waals surface area contributed by atoms with Gasteiger partial charge in [-0.2, -0.15) is 5.06 Å². The third kappa shape index (κ3) is 1.22. The SMILES string of the molecule is B[C@@H]1O[C@@]2(CC)CN(C)OC1[C@H]2O. The lowest BCUT2D eigenvalue weighted by Gasteiger charge is -2.39. The van der Waals surface area contributed by atoms with E-state index < -0.39 is 11.7 Å². The Balaban J connectivity index is 2.26. The fourth-order valence-electron chi connectivity index (χ4n) is 2.36. The van der Waals surface area contributed by atoms with Crippen LogP contribution in [0.4, 0.5) is 0 Å². The lowest BCUT2D eigenvalue weighted by molar-refractivity contribution is -0.250. The van der Waals surface area contributed by atoms with Gasteiger partial charge in [0.2, 0.25) is 0 Å². The van der Waals surface area contributed by atoms with Crippen LogP contribution in [0.2, 0.25) is 0 Å². The summed E-state index contributed by atoms with van der Waals surface area (Å²) in [6, 6.07) is -0.0140. The first-order chi connectivity index (χ1) is 6.09. The summed E-state index contributed by atoms with van der Waals surface area (Å²) in [5.74, 6) is 0. The highest BCUT2D eigenvalue weighted by atomic mass is 16.7. The zero-order valence-electron chi connectivity index (χ0n) is 8.36. The van der Waals surface area contributed by atoms with Crippen LogP contribution in [0.3, 0.4) is 0 Å². The molecule has 0 aromatic carbocycles. The smallest absolute Gasteiger partial charge is 0.142 e. The van der Waals surface area contributed by atoms with Gasteiger partial charge in [-0.15, -0.1) is 0 Å². The Morgan fingerprint density at radius 3 is 3.00 bits per heavy atom. The van der Waals surface area contributed by atoms with Gasteiger partial charge in [0, 0.05) is 7.05 Å². The molecule has 74 valence electrons. The van der Waals surface area contributed by atoms with Gasteiger partial charge in [0.15, 0.2) is 0 Å². The van der Waals surface area contributed by atoms with Crippen molar-refractivity contribution in [2.75, 3.05) is 13.6 Å². The van der Waals surface area contributed by atoms with E-state index in [1.807, 2.05) is 21.8 Å². The van der Waals surface area contributed by atoms with Crippen molar-refractivity contribution in [3.8, 4) is 0 Å². The second-order valence-electron chi connectivity index (χ2n) is 4.04. The first kappa shape index (κ1) is 9.46. The van der Waals surface area contributed by atoms with Crippen molar-refractivity contribution in [2.24, 2.45) is 0 Å². The molecular weight excluding hydrogens is 169 g/mol. The van der Waals surface area contributed by atoms with Gasteiger partial charge in [0.25, 0.3) is 0 Å².